The molecule has 1 aliphatic rings. The van der Waals surface area contributed by atoms with Crippen LogP contribution in [0, 0.1) is 0 Å². The largest absolute Gasteiger partial charge is 0.342 e. The van der Waals surface area contributed by atoms with Gasteiger partial charge in [-0.3, -0.25) is 10.1 Å². The van der Waals surface area contributed by atoms with Gasteiger partial charge in [0.2, 0.25) is 0 Å². The number of carbonyl (C=O) groups excluding carboxylic acids is 2. The van der Waals surface area contributed by atoms with Crippen LogP contribution in [0.15, 0.2) is 24.3 Å². The second-order valence-electron chi connectivity index (χ2n) is 3.92. The number of aromatic amines is 1. The van der Waals surface area contributed by atoms with Crippen LogP contribution in [-0.4, -0.2) is 27.9 Å². The van der Waals surface area contributed by atoms with Gasteiger partial charge in [-0.25, -0.2) is 9.78 Å². The van der Waals surface area contributed by atoms with Crippen LogP contribution < -0.4 is 10.6 Å². The van der Waals surface area contributed by atoms with Crippen molar-refractivity contribution in [3.05, 3.63) is 30.1 Å². The van der Waals surface area contributed by atoms with Crippen molar-refractivity contribution < 1.29 is 9.59 Å². The van der Waals surface area contributed by atoms with E-state index in [-0.39, 0.29) is 5.91 Å². The first kappa shape index (κ1) is 9.83. The normalized spacial score (nSPS) is 19.4. The lowest BCUT2D eigenvalue weighted by atomic mass is 10.2. The van der Waals surface area contributed by atoms with E-state index in [0.717, 1.165) is 11.0 Å². The quantitative estimate of drug-likeness (QED) is 0.649. The number of fused-ring (bicyclic) bond motifs is 1. The predicted octanol–water partition coefficient (Wildman–Crippen LogP) is 0.313. The molecule has 0 spiro atoms. The summed E-state index contributed by atoms with van der Waals surface area (Å²) in [5.74, 6) is 0.379. The number of benzene rings is 1. The molecule has 1 unspecified atom stereocenters. The van der Waals surface area contributed by atoms with Crippen LogP contribution in [0.5, 0.6) is 0 Å². The van der Waals surface area contributed by atoms with Crippen LogP contribution >= 0.6 is 0 Å². The van der Waals surface area contributed by atoms with E-state index in [1.807, 2.05) is 24.3 Å². The average molecular weight is 230 g/mol. The zero-order valence-electron chi connectivity index (χ0n) is 8.86. The van der Waals surface area contributed by atoms with Gasteiger partial charge in [-0.2, -0.15) is 0 Å². The third-order valence-electron chi connectivity index (χ3n) is 2.69. The Balaban J connectivity index is 1.85. The van der Waals surface area contributed by atoms with E-state index in [0.29, 0.717) is 12.2 Å². The predicted molar refractivity (Wildman–Crippen MR) is 60.3 cm³/mol. The van der Waals surface area contributed by atoms with Crippen LogP contribution in [0.4, 0.5) is 4.79 Å². The Morgan fingerprint density at radius 3 is 2.76 bits per heavy atom. The highest BCUT2D eigenvalue weighted by Crippen LogP contribution is 2.12. The highest BCUT2D eigenvalue weighted by molar-refractivity contribution is 6.04. The fourth-order valence-corrected chi connectivity index (χ4v) is 1.90. The van der Waals surface area contributed by atoms with Crippen LogP contribution in [0.25, 0.3) is 11.0 Å². The molecule has 1 atom stereocenters. The first-order valence-corrected chi connectivity index (χ1v) is 5.27. The van der Waals surface area contributed by atoms with E-state index in [1.54, 1.807) is 0 Å². The maximum atomic E-state index is 11.4. The molecule has 0 aliphatic carbocycles. The van der Waals surface area contributed by atoms with Crippen LogP contribution in [0.1, 0.15) is 5.82 Å². The van der Waals surface area contributed by atoms with Crippen molar-refractivity contribution in [2.45, 2.75) is 12.5 Å². The van der Waals surface area contributed by atoms with Gasteiger partial charge in [-0.1, -0.05) is 12.1 Å². The molecular weight excluding hydrogens is 220 g/mol. The van der Waals surface area contributed by atoms with Crippen LogP contribution in [-0.2, 0) is 11.2 Å². The summed E-state index contributed by atoms with van der Waals surface area (Å²) in [4.78, 5) is 29.8. The van der Waals surface area contributed by atoms with Gasteiger partial charge in [0.15, 0.2) is 0 Å². The number of hydrogen-bond acceptors (Lipinski definition) is 3. The molecule has 0 saturated carbocycles. The third-order valence-corrected chi connectivity index (χ3v) is 2.69. The number of aromatic nitrogens is 2. The van der Waals surface area contributed by atoms with E-state index >= 15 is 0 Å². The van der Waals surface area contributed by atoms with Crippen LogP contribution in [0.3, 0.4) is 0 Å². The average Bonchev–Trinajstić information content (AvgIpc) is 2.82. The molecule has 6 heteroatoms. The Labute approximate surface area is 96.4 Å². The monoisotopic (exact) mass is 230 g/mol. The highest BCUT2D eigenvalue weighted by Gasteiger charge is 2.30. The molecule has 2 heterocycles. The molecule has 3 amide bonds. The summed E-state index contributed by atoms with van der Waals surface area (Å²) >= 11 is 0. The molecule has 3 N–H and O–H groups in total. The summed E-state index contributed by atoms with van der Waals surface area (Å²) in [6.45, 7) is 0. The van der Waals surface area contributed by atoms with Crippen molar-refractivity contribution in [3.8, 4) is 0 Å². The van der Waals surface area contributed by atoms with Gasteiger partial charge in [0.25, 0.3) is 5.91 Å². The maximum absolute atomic E-state index is 11.4. The van der Waals surface area contributed by atoms with Gasteiger partial charge in [-0.15, -0.1) is 0 Å². The molecule has 17 heavy (non-hydrogen) atoms. The zero-order valence-corrected chi connectivity index (χ0v) is 8.86. The summed E-state index contributed by atoms with van der Waals surface area (Å²) in [5, 5.41) is 4.73. The fraction of sp³-hybridized carbons (Fsp3) is 0.182. The number of nitrogens with zero attached hydrogens (tertiary/aromatic N) is 1. The number of para-hydroxylation sites is 2. The first-order valence-electron chi connectivity index (χ1n) is 5.27. The number of imide groups is 1. The molecule has 86 valence electrons. The van der Waals surface area contributed by atoms with Gasteiger partial charge < -0.3 is 10.3 Å². The van der Waals surface area contributed by atoms with Crippen molar-refractivity contribution in [1.82, 2.24) is 20.6 Å². The second-order valence-corrected chi connectivity index (χ2v) is 3.92. The molecule has 2 aromatic rings. The number of carbonyl (C=O) groups is 2. The molecule has 1 saturated heterocycles. The summed E-state index contributed by atoms with van der Waals surface area (Å²) in [5.41, 5.74) is 1.78. The molecule has 6 nitrogen and oxygen atoms in total. The van der Waals surface area contributed by atoms with E-state index in [4.69, 9.17) is 0 Å². The molecule has 1 aromatic heterocycles. The van der Waals surface area contributed by atoms with Gasteiger partial charge in [0, 0.05) is 6.42 Å². The van der Waals surface area contributed by atoms with Crippen molar-refractivity contribution in [1.29, 1.82) is 0 Å². The van der Waals surface area contributed by atoms with Crippen molar-refractivity contribution >= 4 is 23.0 Å². The minimum absolute atomic E-state index is 0.310. The van der Waals surface area contributed by atoms with E-state index < -0.39 is 12.1 Å². The topological polar surface area (TPSA) is 86.9 Å². The van der Waals surface area contributed by atoms with Crippen molar-refractivity contribution in [3.63, 3.8) is 0 Å². The minimum atomic E-state index is -0.539. The smallest absolute Gasteiger partial charge is 0.322 e. The van der Waals surface area contributed by atoms with Gasteiger partial charge in [0.05, 0.1) is 11.0 Å². The number of urea groups is 1. The Bertz CT molecular complexity index is 571. The van der Waals surface area contributed by atoms with E-state index in [1.165, 1.54) is 0 Å². The number of H-pyrrole nitrogens is 1. The Morgan fingerprint density at radius 2 is 2.06 bits per heavy atom. The van der Waals surface area contributed by atoms with Gasteiger partial charge >= 0.3 is 6.03 Å². The third kappa shape index (κ3) is 1.73. The lowest BCUT2D eigenvalue weighted by Gasteiger charge is -2.03. The number of imidazole rings is 1. The summed E-state index contributed by atoms with van der Waals surface area (Å²) in [6, 6.07) is 6.63. The Morgan fingerprint density at radius 1 is 1.24 bits per heavy atom. The molecule has 0 radical (unpaired) electrons. The number of amides is 3. The SMILES string of the molecule is O=C1NC(=O)C(Cc2nc3ccccc3[nH]2)N1. The highest BCUT2D eigenvalue weighted by atomic mass is 16.2. The first-order chi connectivity index (χ1) is 8.22. The second kappa shape index (κ2) is 3.58. The molecule has 1 aliphatic heterocycles. The lowest BCUT2D eigenvalue weighted by molar-refractivity contribution is -0.120. The lowest BCUT2D eigenvalue weighted by Crippen LogP contribution is -2.31. The number of hydrogen-bond donors (Lipinski definition) is 3. The maximum Gasteiger partial charge on any atom is 0.322 e. The molecule has 1 aromatic carbocycles. The van der Waals surface area contributed by atoms with Crippen molar-refractivity contribution in [2.24, 2.45) is 0 Å². The minimum Gasteiger partial charge on any atom is -0.342 e. The molecule has 3 rings (SSSR count). The van der Waals surface area contributed by atoms with Crippen molar-refractivity contribution in [2.75, 3.05) is 0 Å². The molecule has 0 bridgehead atoms. The standard InChI is InChI=1S/C11H10N4O2/c16-10-8(14-11(17)15-10)5-9-12-6-3-1-2-4-7(6)13-9/h1-4,8H,5H2,(H,12,13)(H2,14,15,16,17). The van der Waals surface area contributed by atoms with Gasteiger partial charge in [0.1, 0.15) is 11.9 Å². The number of nitrogens with one attached hydrogen (secondary N) is 3. The number of rotatable bonds is 2. The fourth-order valence-electron chi connectivity index (χ4n) is 1.90. The van der Waals surface area contributed by atoms with E-state index in [2.05, 4.69) is 20.6 Å². The van der Waals surface area contributed by atoms with Gasteiger partial charge in [-0.05, 0) is 12.1 Å². The summed E-state index contributed by atoms with van der Waals surface area (Å²) in [6.07, 6.45) is 0.367. The zero-order chi connectivity index (χ0) is 11.8. The van der Waals surface area contributed by atoms with E-state index in [9.17, 15) is 9.59 Å². The van der Waals surface area contributed by atoms with Crippen LogP contribution in [0.2, 0.25) is 0 Å². The Hall–Kier alpha value is -2.37. The Kier molecular flexibility index (Phi) is 2.07. The molecular formula is C11H10N4O2. The summed E-state index contributed by atoms with van der Waals surface area (Å²) in [7, 11) is 0. The summed E-state index contributed by atoms with van der Waals surface area (Å²) < 4.78 is 0. The molecule has 1 fully saturated rings.